The Kier molecular flexibility index (Phi) is 4.82. The fourth-order valence-corrected chi connectivity index (χ4v) is 2.94. The highest BCUT2D eigenvalue weighted by Gasteiger charge is 2.15. The van der Waals surface area contributed by atoms with Gasteiger partial charge < -0.3 is 24.2 Å². The van der Waals surface area contributed by atoms with Crippen LogP contribution in [0.4, 0.5) is 10.5 Å². The zero-order valence-electron chi connectivity index (χ0n) is 13.3. The number of carbonyl (C=O) groups is 1. The van der Waals surface area contributed by atoms with E-state index in [1.54, 1.807) is 0 Å². The van der Waals surface area contributed by atoms with Gasteiger partial charge in [0.05, 0.1) is 15.1 Å². The highest BCUT2D eigenvalue weighted by molar-refractivity contribution is 9.10. The molecule has 0 radical (unpaired) electrons. The molecule has 0 spiro atoms. The van der Waals surface area contributed by atoms with Gasteiger partial charge in [0.15, 0.2) is 0 Å². The Balaban J connectivity index is 2.18. The van der Waals surface area contributed by atoms with E-state index in [2.05, 4.69) is 20.7 Å². The number of hydrogen-bond acceptors (Lipinski definition) is 8. The molecular formula is C17H9BrNO8-. The molecule has 0 amide bonds. The van der Waals surface area contributed by atoms with Crippen molar-refractivity contribution in [3.8, 4) is 11.5 Å². The van der Waals surface area contributed by atoms with Crippen LogP contribution in [0.25, 0.3) is 11.0 Å². The molecule has 138 valence electrons. The maximum atomic E-state index is 11.8. The number of hydrogen-bond donors (Lipinski definition) is 1. The Morgan fingerprint density at radius 3 is 2.63 bits per heavy atom. The average Bonchev–Trinajstić information content (AvgIpc) is 2.57. The number of carbonyl (C=O) groups excluding carboxylic acids is 1. The van der Waals surface area contributed by atoms with Gasteiger partial charge in [0, 0.05) is 36.1 Å². The van der Waals surface area contributed by atoms with Gasteiger partial charge >= 0.3 is 5.63 Å². The van der Waals surface area contributed by atoms with Gasteiger partial charge in [-0.05, 0) is 39.2 Å². The fraction of sp³-hybridized carbons (Fsp3) is 0.0588. The molecule has 27 heavy (non-hydrogen) atoms. The van der Waals surface area contributed by atoms with E-state index in [0.29, 0.717) is 15.4 Å². The highest BCUT2D eigenvalue weighted by Crippen LogP contribution is 2.33. The number of phenolic OH excluding ortho intramolecular Hbond substituents is 1. The third-order valence-corrected chi connectivity index (χ3v) is 4.36. The second-order valence-electron chi connectivity index (χ2n) is 5.47. The summed E-state index contributed by atoms with van der Waals surface area (Å²) in [6, 6.07) is 7.31. The van der Waals surface area contributed by atoms with E-state index in [9.17, 15) is 29.9 Å². The highest BCUT2D eigenvalue weighted by atomic mass is 79.9. The number of nitrogens with zero attached hydrogens (tertiary/aromatic N) is 1. The number of nitro benzene ring substituents is 1. The molecule has 10 heteroatoms. The summed E-state index contributed by atoms with van der Waals surface area (Å²) in [5.74, 6) is -0.293. The molecule has 0 saturated heterocycles. The number of rotatable bonds is 4. The Bertz CT molecular complexity index is 1140. The van der Waals surface area contributed by atoms with Crippen LogP contribution in [0.15, 0.2) is 50.1 Å². The average molecular weight is 435 g/mol. The molecule has 2 aromatic carbocycles. The van der Waals surface area contributed by atoms with E-state index >= 15 is 0 Å². The van der Waals surface area contributed by atoms with Gasteiger partial charge in [-0.1, -0.05) is 0 Å². The molecule has 1 N–H and O–H groups in total. The third kappa shape index (κ3) is 3.90. The summed E-state index contributed by atoms with van der Waals surface area (Å²) < 4.78 is 9.97. The number of benzene rings is 2. The molecule has 0 unspecified atom stereocenters. The molecule has 0 saturated carbocycles. The number of nitro groups is 1. The molecule has 0 fully saturated rings. The maximum absolute atomic E-state index is 11.8. The summed E-state index contributed by atoms with van der Waals surface area (Å²) in [7, 11) is 0. The van der Waals surface area contributed by atoms with Crippen molar-refractivity contribution in [2.24, 2.45) is 0 Å². The summed E-state index contributed by atoms with van der Waals surface area (Å²) in [5.41, 5.74) is -0.324. The summed E-state index contributed by atoms with van der Waals surface area (Å²) in [5, 5.41) is 32.0. The smallest absolute Gasteiger partial charge is 0.336 e. The minimum Gasteiger partial charge on any atom is -0.514 e. The zero-order chi connectivity index (χ0) is 19.7. The first-order chi connectivity index (χ1) is 12.7. The van der Waals surface area contributed by atoms with Crippen molar-refractivity contribution in [3.63, 3.8) is 0 Å². The van der Waals surface area contributed by atoms with E-state index < -0.39 is 16.7 Å². The molecule has 3 aromatic rings. The number of ether oxygens (including phenoxy) is 1. The third-order valence-electron chi connectivity index (χ3n) is 3.73. The predicted molar refractivity (Wildman–Crippen MR) is 93.8 cm³/mol. The Morgan fingerprint density at radius 1 is 1.22 bits per heavy atom. The van der Waals surface area contributed by atoms with Gasteiger partial charge in [0.2, 0.25) is 0 Å². The minimum atomic E-state index is -1.82. The normalized spacial score (nSPS) is 10.7. The summed E-state index contributed by atoms with van der Waals surface area (Å²) >= 11 is 3.16. The summed E-state index contributed by atoms with van der Waals surface area (Å²) in [6.45, 7) is 0. The lowest BCUT2D eigenvalue weighted by molar-refractivity contribution is -0.384. The Labute approximate surface area is 158 Å². The van der Waals surface area contributed by atoms with Crippen LogP contribution >= 0.6 is 15.9 Å². The van der Waals surface area contributed by atoms with E-state index in [0.717, 1.165) is 18.2 Å². The zero-order valence-corrected chi connectivity index (χ0v) is 14.9. The Hall–Kier alpha value is -3.40. The minimum absolute atomic E-state index is 0.0659. The molecule has 3 rings (SSSR count). The van der Waals surface area contributed by atoms with Crippen molar-refractivity contribution in [1.29, 1.82) is 0 Å². The predicted octanol–water partition coefficient (Wildman–Crippen LogP) is 2.48. The van der Waals surface area contributed by atoms with E-state index in [4.69, 9.17) is 4.42 Å². The monoisotopic (exact) mass is 434 g/mol. The van der Waals surface area contributed by atoms with E-state index in [1.165, 1.54) is 18.2 Å². The van der Waals surface area contributed by atoms with Gasteiger partial charge in [0.1, 0.15) is 11.3 Å². The molecule has 0 bridgehead atoms. The summed E-state index contributed by atoms with van der Waals surface area (Å²) in [4.78, 5) is 33.0. The second kappa shape index (κ2) is 7.08. The van der Waals surface area contributed by atoms with Gasteiger partial charge in [-0.3, -0.25) is 10.1 Å². The van der Waals surface area contributed by atoms with E-state index in [1.807, 2.05) is 0 Å². The first kappa shape index (κ1) is 18.4. The lowest BCUT2D eigenvalue weighted by atomic mass is 10.0. The number of fused-ring (bicyclic) bond motifs is 1. The summed E-state index contributed by atoms with van der Waals surface area (Å²) in [6.07, 6.45) is -1.89. The SMILES string of the molecule is O=C([O-])Oc1ccc([N+](=O)[O-])cc1Cc1cc(=O)oc2cc(O)c(Br)cc12. The van der Waals surface area contributed by atoms with Crippen LogP contribution in [-0.2, 0) is 6.42 Å². The van der Waals surface area contributed by atoms with Gasteiger partial charge in [-0.25, -0.2) is 4.79 Å². The van der Waals surface area contributed by atoms with Crippen molar-refractivity contribution in [2.45, 2.75) is 6.42 Å². The number of phenols is 1. The molecule has 0 aliphatic carbocycles. The van der Waals surface area contributed by atoms with Crippen LogP contribution < -0.4 is 15.5 Å². The molecule has 1 heterocycles. The van der Waals surface area contributed by atoms with Crippen LogP contribution in [0.3, 0.4) is 0 Å². The quantitative estimate of drug-likeness (QED) is 0.217. The van der Waals surface area contributed by atoms with E-state index in [-0.39, 0.29) is 34.8 Å². The number of carboxylic acid groups (broad SMARTS) is 1. The number of non-ortho nitro benzene ring substituents is 1. The van der Waals surface area contributed by atoms with Crippen molar-refractivity contribution < 1.29 is 29.1 Å². The van der Waals surface area contributed by atoms with Crippen LogP contribution in [-0.4, -0.2) is 16.2 Å². The van der Waals surface area contributed by atoms with Crippen LogP contribution in [0.5, 0.6) is 11.5 Å². The maximum Gasteiger partial charge on any atom is 0.336 e. The molecule has 9 nitrogen and oxygen atoms in total. The van der Waals surface area contributed by atoms with Crippen molar-refractivity contribution in [2.75, 3.05) is 0 Å². The molecular weight excluding hydrogens is 426 g/mol. The van der Waals surface area contributed by atoms with Crippen LogP contribution in [0.2, 0.25) is 0 Å². The fourth-order valence-electron chi connectivity index (χ4n) is 2.59. The van der Waals surface area contributed by atoms with Crippen molar-refractivity contribution in [1.82, 2.24) is 0 Å². The molecule has 1 aromatic heterocycles. The van der Waals surface area contributed by atoms with Crippen molar-refractivity contribution in [3.05, 3.63) is 72.5 Å². The van der Waals surface area contributed by atoms with Crippen LogP contribution in [0.1, 0.15) is 11.1 Å². The largest absolute Gasteiger partial charge is 0.514 e. The molecule has 0 aliphatic rings. The van der Waals surface area contributed by atoms with Gasteiger partial charge in [-0.2, -0.15) is 0 Å². The number of halogens is 1. The first-order valence-corrected chi connectivity index (χ1v) is 8.15. The first-order valence-electron chi connectivity index (χ1n) is 7.36. The van der Waals surface area contributed by atoms with Gasteiger partial charge in [-0.15, -0.1) is 0 Å². The lowest BCUT2D eigenvalue weighted by Gasteiger charge is -2.14. The topological polar surface area (TPSA) is 143 Å². The number of aromatic hydroxyl groups is 1. The molecule has 0 aliphatic heterocycles. The second-order valence-corrected chi connectivity index (χ2v) is 6.32. The standard InChI is InChI=1S/C17H10BrNO8/c18-12-6-11-8(5-16(21)26-15(11)7-13(12)20)3-9-4-10(19(24)25)1-2-14(9)27-17(22)23/h1-2,4-7,20H,3H2,(H,22,23)/p-1. The molecule has 0 atom stereocenters. The van der Waals surface area contributed by atoms with Crippen LogP contribution in [0, 0.1) is 10.1 Å². The Morgan fingerprint density at radius 2 is 1.96 bits per heavy atom. The lowest BCUT2D eigenvalue weighted by Crippen LogP contribution is -2.27. The van der Waals surface area contributed by atoms with Crippen molar-refractivity contribution >= 4 is 38.7 Å². The van der Waals surface area contributed by atoms with Gasteiger partial charge in [0.25, 0.3) is 11.8 Å².